The first kappa shape index (κ1) is 17.2. The van der Waals surface area contributed by atoms with Crippen LogP contribution in [-0.4, -0.2) is 56.8 Å². The highest BCUT2D eigenvalue weighted by Gasteiger charge is 2.32. The number of ether oxygens (including phenoxy) is 2. The highest BCUT2D eigenvalue weighted by molar-refractivity contribution is 4.81. The second kappa shape index (κ2) is 8.47. The molecule has 2 fully saturated rings. The lowest BCUT2D eigenvalue weighted by Gasteiger charge is -2.37. The van der Waals surface area contributed by atoms with Crippen LogP contribution in [0.1, 0.15) is 40.0 Å². The van der Waals surface area contributed by atoms with Crippen LogP contribution in [0.3, 0.4) is 0 Å². The lowest BCUT2D eigenvalue weighted by Crippen LogP contribution is -3.15. The van der Waals surface area contributed by atoms with Crippen LogP contribution in [0.2, 0.25) is 0 Å². The first-order valence-corrected chi connectivity index (χ1v) is 8.77. The van der Waals surface area contributed by atoms with Crippen molar-refractivity contribution in [1.29, 1.82) is 0 Å². The average Bonchev–Trinajstić information content (AvgIpc) is 2.46. The van der Waals surface area contributed by atoms with E-state index in [1.54, 1.807) is 0 Å². The zero-order valence-corrected chi connectivity index (χ0v) is 14.0. The molecule has 0 spiro atoms. The van der Waals surface area contributed by atoms with Crippen LogP contribution in [0.15, 0.2) is 0 Å². The second-order valence-electron chi connectivity index (χ2n) is 7.42. The molecular formula is C17H34NO3+. The van der Waals surface area contributed by atoms with Gasteiger partial charge in [-0.3, -0.25) is 0 Å². The fraction of sp³-hybridized carbons (Fsp3) is 1.00. The Bertz CT molecular complexity index is 292. The summed E-state index contributed by atoms with van der Waals surface area (Å²) in [6, 6.07) is 0. The number of nitrogens with one attached hydrogen (secondary N) is 1. The standard InChI is InChI=1S/C17H33NO3/c1-13(2)16-5-4-14(3)10-17(16)21-12-15(19)11-18-6-8-20-9-7-18/h13-17,19H,4-12H2,1-3H3/p+1/t14-,15-,16-,17-/m1/s1. The Kier molecular flexibility index (Phi) is 6.93. The van der Waals surface area contributed by atoms with E-state index in [1.807, 2.05) is 0 Å². The van der Waals surface area contributed by atoms with Gasteiger partial charge >= 0.3 is 0 Å². The molecule has 124 valence electrons. The van der Waals surface area contributed by atoms with Crippen molar-refractivity contribution in [3.8, 4) is 0 Å². The van der Waals surface area contributed by atoms with Crippen molar-refractivity contribution in [2.45, 2.75) is 52.2 Å². The third-order valence-corrected chi connectivity index (χ3v) is 5.19. The smallest absolute Gasteiger partial charge is 0.126 e. The molecule has 4 heteroatoms. The van der Waals surface area contributed by atoms with Crippen LogP contribution in [0.25, 0.3) is 0 Å². The van der Waals surface area contributed by atoms with Crippen LogP contribution >= 0.6 is 0 Å². The summed E-state index contributed by atoms with van der Waals surface area (Å²) in [7, 11) is 0. The predicted octanol–water partition coefficient (Wildman–Crippen LogP) is 0.740. The summed E-state index contributed by atoms with van der Waals surface area (Å²) < 4.78 is 11.5. The molecule has 2 rings (SSSR count). The maximum atomic E-state index is 10.2. The second-order valence-corrected chi connectivity index (χ2v) is 7.42. The van der Waals surface area contributed by atoms with Gasteiger partial charge in [0.25, 0.3) is 0 Å². The van der Waals surface area contributed by atoms with Gasteiger partial charge in [0.15, 0.2) is 0 Å². The van der Waals surface area contributed by atoms with Crippen LogP contribution in [-0.2, 0) is 9.47 Å². The Morgan fingerprint density at radius 1 is 1.24 bits per heavy atom. The van der Waals surface area contributed by atoms with Crippen LogP contribution in [0, 0.1) is 17.8 Å². The van der Waals surface area contributed by atoms with Gasteiger partial charge in [-0.2, -0.15) is 0 Å². The Labute approximate surface area is 129 Å². The van der Waals surface area contributed by atoms with E-state index < -0.39 is 0 Å². The number of aliphatic hydroxyl groups is 1. The molecule has 0 aromatic rings. The van der Waals surface area contributed by atoms with E-state index in [0.717, 1.165) is 45.2 Å². The Morgan fingerprint density at radius 2 is 1.95 bits per heavy atom. The third kappa shape index (κ3) is 5.51. The van der Waals surface area contributed by atoms with Gasteiger partial charge < -0.3 is 19.5 Å². The Morgan fingerprint density at radius 3 is 2.62 bits per heavy atom. The summed E-state index contributed by atoms with van der Waals surface area (Å²) in [5.74, 6) is 2.08. The molecule has 0 aromatic carbocycles. The van der Waals surface area contributed by atoms with E-state index in [0.29, 0.717) is 24.5 Å². The zero-order chi connectivity index (χ0) is 15.2. The van der Waals surface area contributed by atoms with E-state index in [9.17, 15) is 5.11 Å². The monoisotopic (exact) mass is 300 g/mol. The lowest BCUT2D eigenvalue weighted by atomic mass is 9.75. The minimum absolute atomic E-state index is 0.336. The van der Waals surface area contributed by atoms with Gasteiger partial charge in [0.05, 0.1) is 25.9 Å². The number of quaternary nitrogens is 1. The molecule has 0 amide bonds. The molecular weight excluding hydrogens is 266 g/mol. The van der Waals surface area contributed by atoms with Crippen LogP contribution in [0.5, 0.6) is 0 Å². The van der Waals surface area contributed by atoms with Crippen molar-refractivity contribution in [1.82, 2.24) is 0 Å². The maximum absolute atomic E-state index is 10.2. The predicted molar refractivity (Wildman–Crippen MR) is 83.5 cm³/mol. The van der Waals surface area contributed by atoms with E-state index >= 15 is 0 Å². The van der Waals surface area contributed by atoms with Crippen LogP contribution in [0.4, 0.5) is 0 Å². The molecule has 0 aromatic heterocycles. The summed E-state index contributed by atoms with van der Waals surface area (Å²) in [5, 5.41) is 10.2. The quantitative estimate of drug-likeness (QED) is 0.760. The maximum Gasteiger partial charge on any atom is 0.126 e. The number of hydrogen-bond acceptors (Lipinski definition) is 3. The van der Waals surface area contributed by atoms with Crippen molar-refractivity contribution in [2.24, 2.45) is 17.8 Å². The normalized spacial score (nSPS) is 33.3. The van der Waals surface area contributed by atoms with Gasteiger partial charge in [-0.15, -0.1) is 0 Å². The minimum Gasteiger partial charge on any atom is -0.385 e. The molecule has 4 nitrogen and oxygen atoms in total. The number of morpholine rings is 1. The van der Waals surface area contributed by atoms with Gasteiger partial charge in [0.2, 0.25) is 0 Å². The van der Waals surface area contributed by atoms with Gasteiger partial charge in [-0.25, -0.2) is 0 Å². The van der Waals surface area contributed by atoms with Crippen LogP contribution < -0.4 is 4.90 Å². The molecule has 0 unspecified atom stereocenters. The minimum atomic E-state index is -0.344. The molecule has 2 N–H and O–H groups in total. The topological polar surface area (TPSA) is 43.1 Å². The highest BCUT2D eigenvalue weighted by atomic mass is 16.5. The molecule has 0 bridgehead atoms. The van der Waals surface area contributed by atoms with Gasteiger partial charge in [-0.1, -0.05) is 27.2 Å². The summed E-state index contributed by atoms with van der Waals surface area (Å²) in [6.07, 6.45) is 3.74. The average molecular weight is 300 g/mol. The molecule has 0 radical (unpaired) electrons. The van der Waals surface area contributed by atoms with E-state index in [2.05, 4.69) is 20.8 Å². The number of hydrogen-bond donors (Lipinski definition) is 2. The third-order valence-electron chi connectivity index (χ3n) is 5.19. The lowest BCUT2D eigenvalue weighted by molar-refractivity contribution is -0.911. The van der Waals surface area contributed by atoms with Crippen molar-refractivity contribution in [2.75, 3.05) is 39.5 Å². The fourth-order valence-corrected chi connectivity index (χ4v) is 3.80. The summed E-state index contributed by atoms with van der Waals surface area (Å²) in [4.78, 5) is 1.44. The van der Waals surface area contributed by atoms with Gasteiger partial charge in [0, 0.05) is 0 Å². The number of rotatable bonds is 6. The molecule has 1 saturated heterocycles. The first-order chi connectivity index (χ1) is 10.1. The SMILES string of the molecule is CC(C)[C@H]1CC[C@@H](C)C[C@H]1OC[C@H](O)C[NH+]1CCOCC1. The van der Waals surface area contributed by atoms with E-state index in [4.69, 9.17) is 9.47 Å². The Balaban J connectivity index is 1.73. The van der Waals surface area contributed by atoms with E-state index in [-0.39, 0.29) is 6.10 Å². The van der Waals surface area contributed by atoms with Gasteiger partial charge in [-0.05, 0) is 30.6 Å². The van der Waals surface area contributed by atoms with Crippen molar-refractivity contribution in [3.63, 3.8) is 0 Å². The highest BCUT2D eigenvalue weighted by Crippen LogP contribution is 2.35. The zero-order valence-electron chi connectivity index (χ0n) is 14.0. The molecule has 1 saturated carbocycles. The molecule has 4 atom stereocenters. The Hall–Kier alpha value is -0.160. The number of aliphatic hydroxyl groups excluding tert-OH is 1. The molecule has 21 heavy (non-hydrogen) atoms. The summed E-state index contributed by atoms with van der Waals surface area (Å²) >= 11 is 0. The summed E-state index contributed by atoms with van der Waals surface area (Å²) in [5.41, 5.74) is 0. The van der Waals surface area contributed by atoms with Crippen molar-refractivity contribution < 1.29 is 19.5 Å². The van der Waals surface area contributed by atoms with Crippen molar-refractivity contribution >= 4 is 0 Å². The first-order valence-electron chi connectivity index (χ1n) is 8.77. The van der Waals surface area contributed by atoms with Gasteiger partial charge in [0.1, 0.15) is 25.7 Å². The van der Waals surface area contributed by atoms with E-state index in [1.165, 1.54) is 17.7 Å². The molecule has 1 aliphatic heterocycles. The molecule has 1 aliphatic carbocycles. The van der Waals surface area contributed by atoms with Crippen molar-refractivity contribution in [3.05, 3.63) is 0 Å². The fourth-order valence-electron chi connectivity index (χ4n) is 3.80. The molecule has 1 heterocycles. The molecule has 2 aliphatic rings. The largest absolute Gasteiger partial charge is 0.385 e. The summed E-state index contributed by atoms with van der Waals surface area (Å²) in [6.45, 7) is 11.8.